The highest BCUT2D eigenvalue weighted by Gasteiger charge is 2.33. The number of esters is 1. The molecule has 1 aromatic heterocycles. The Kier molecular flexibility index (Phi) is 7.01. The number of hydrogen-bond donors (Lipinski definition) is 1. The van der Waals surface area contributed by atoms with Gasteiger partial charge in [0, 0.05) is 25.6 Å². The molecule has 2 amide bonds. The second-order valence-electron chi connectivity index (χ2n) is 7.67. The Morgan fingerprint density at radius 1 is 1.32 bits per heavy atom. The molecule has 1 fully saturated rings. The molecule has 3 heterocycles. The number of aromatic nitrogens is 2. The standard InChI is InChI=1S/C21H21F2N5O5S/c1-12(29)32-11-19(30)27-4-2-13(3-5-27)20-16(22)6-14(7-17(20)23)28-10-15(33-21(28)31)8-24-18-9-25-34-26-18/h2,6-7,9,15H,3-5,8,10-11H2,1H3,(H,24,26)/t15-/m0/s1. The van der Waals surface area contributed by atoms with Crippen LogP contribution < -0.4 is 10.2 Å². The Labute approximate surface area is 197 Å². The zero-order valence-electron chi connectivity index (χ0n) is 18.1. The van der Waals surface area contributed by atoms with Gasteiger partial charge in [0.05, 0.1) is 36.7 Å². The van der Waals surface area contributed by atoms with E-state index in [9.17, 15) is 23.2 Å². The van der Waals surface area contributed by atoms with Crippen LogP contribution in [-0.2, 0) is 19.1 Å². The zero-order chi connectivity index (χ0) is 24.2. The fourth-order valence-corrected chi connectivity index (χ4v) is 4.09. The van der Waals surface area contributed by atoms with E-state index in [1.54, 1.807) is 6.08 Å². The van der Waals surface area contributed by atoms with E-state index in [2.05, 4.69) is 14.1 Å². The first kappa shape index (κ1) is 23.5. The van der Waals surface area contributed by atoms with Crippen molar-refractivity contribution in [1.29, 1.82) is 0 Å². The van der Waals surface area contributed by atoms with Gasteiger partial charge in [0.15, 0.2) is 12.4 Å². The van der Waals surface area contributed by atoms with Gasteiger partial charge in [-0.05, 0) is 24.1 Å². The van der Waals surface area contributed by atoms with Crippen LogP contribution in [0.5, 0.6) is 0 Å². The van der Waals surface area contributed by atoms with Gasteiger partial charge in [-0.2, -0.15) is 8.75 Å². The fraction of sp³-hybridized carbons (Fsp3) is 0.381. The molecule has 2 aromatic rings. The molecule has 1 aromatic carbocycles. The second kappa shape index (κ2) is 10.1. The average molecular weight is 493 g/mol. The molecule has 13 heteroatoms. The summed E-state index contributed by atoms with van der Waals surface area (Å²) in [6.45, 7) is 1.58. The lowest BCUT2D eigenvalue weighted by Gasteiger charge is -2.27. The van der Waals surface area contributed by atoms with Crippen LogP contribution in [-0.4, -0.2) is 70.5 Å². The van der Waals surface area contributed by atoms with Crippen molar-refractivity contribution in [3.05, 3.63) is 41.6 Å². The van der Waals surface area contributed by atoms with Crippen molar-refractivity contribution in [3.63, 3.8) is 0 Å². The number of carbonyl (C=O) groups excluding carboxylic acids is 3. The van der Waals surface area contributed by atoms with Crippen LogP contribution in [0.25, 0.3) is 5.57 Å². The number of nitrogens with zero attached hydrogens (tertiary/aromatic N) is 4. The van der Waals surface area contributed by atoms with E-state index < -0.39 is 29.8 Å². The van der Waals surface area contributed by atoms with E-state index in [0.29, 0.717) is 11.4 Å². The SMILES string of the molecule is CC(=O)OCC(=O)N1CC=C(c2c(F)cc(N3C[C@H](CNc4cnsn4)OC3=O)cc2F)CC1. The van der Waals surface area contributed by atoms with Crippen molar-refractivity contribution >= 4 is 46.8 Å². The topological polar surface area (TPSA) is 114 Å². The lowest BCUT2D eigenvalue weighted by molar-refractivity contribution is -0.150. The van der Waals surface area contributed by atoms with Crippen molar-refractivity contribution in [2.24, 2.45) is 0 Å². The first-order valence-electron chi connectivity index (χ1n) is 10.4. The predicted molar refractivity (Wildman–Crippen MR) is 118 cm³/mol. The number of rotatable bonds is 7. The van der Waals surface area contributed by atoms with Crippen LogP contribution in [0.3, 0.4) is 0 Å². The first-order chi connectivity index (χ1) is 16.3. The fourth-order valence-electron chi connectivity index (χ4n) is 3.70. The van der Waals surface area contributed by atoms with E-state index >= 15 is 0 Å². The van der Waals surface area contributed by atoms with Crippen LogP contribution in [0, 0.1) is 11.6 Å². The Morgan fingerprint density at radius 2 is 2.09 bits per heavy atom. The molecule has 4 rings (SSSR count). The van der Waals surface area contributed by atoms with Gasteiger partial charge in [0.2, 0.25) is 0 Å². The number of cyclic esters (lactones) is 1. The number of amides is 2. The number of carbonyl (C=O) groups is 3. The van der Waals surface area contributed by atoms with Gasteiger partial charge in [-0.15, -0.1) is 0 Å². The third kappa shape index (κ3) is 5.30. The minimum atomic E-state index is -0.816. The highest BCUT2D eigenvalue weighted by Crippen LogP contribution is 2.32. The molecule has 0 spiro atoms. The summed E-state index contributed by atoms with van der Waals surface area (Å²) in [6.07, 6.45) is 2.10. The van der Waals surface area contributed by atoms with Crippen molar-refractivity contribution in [2.45, 2.75) is 19.4 Å². The maximum absolute atomic E-state index is 14.9. The maximum atomic E-state index is 14.9. The molecular weight excluding hydrogens is 472 g/mol. The summed E-state index contributed by atoms with van der Waals surface area (Å²) in [4.78, 5) is 37.8. The van der Waals surface area contributed by atoms with Crippen LogP contribution in [0.2, 0.25) is 0 Å². The molecule has 2 aliphatic heterocycles. The third-order valence-corrected chi connectivity index (χ3v) is 5.84. The van der Waals surface area contributed by atoms with Crippen molar-refractivity contribution < 1.29 is 32.6 Å². The Balaban J connectivity index is 1.41. The summed E-state index contributed by atoms with van der Waals surface area (Å²) in [5, 5.41) is 2.98. The lowest BCUT2D eigenvalue weighted by Crippen LogP contribution is -2.37. The molecule has 2 aliphatic rings. The Hall–Kier alpha value is -3.61. The molecule has 1 atom stereocenters. The normalized spacial score (nSPS) is 17.9. The molecule has 0 bridgehead atoms. The summed E-state index contributed by atoms with van der Waals surface area (Å²) >= 11 is 1.04. The third-order valence-electron chi connectivity index (χ3n) is 5.37. The predicted octanol–water partition coefficient (Wildman–Crippen LogP) is 2.43. The summed E-state index contributed by atoms with van der Waals surface area (Å²) in [6, 6.07) is 2.19. The molecule has 0 radical (unpaired) electrons. The van der Waals surface area contributed by atoms with Crippen LogP contribution in [0.1, 0.15) is 18.9 Å². The second-order valence-corrected chi connectivity index (χ2v) is 8.23. The highest BCUT2D eigenvalue weighted by molar-refractivity contribution is 6.99. The minimum absolute atomic E-state index is 0.0520. The van der Waals surface area contributed by atoms with Crippen LogP contribution in [0.4, 0.5) is 25.1 Å². The molecule has 1 saturated heterocycles. The zero-order valence-corrected chi connectivity index (χ0v) is 18.9. The van der Waals surface area contributed by atoms with Crippen LogP contribution in [0.15, 0.2) is 24.4 Å². The molecule has 34 heavy (non-hydrogen) atoms. The number of benzene rings is 1. The monoisotopic (exact) mass is 493 g/mol. The highest BCUT2D eigenvalue weighted by atomic mass is 32.1. The van der Waals surface area contributed by atoms with Crippen molar-refractivity contribution in [2.75, 3.05) is 43.0 Å². The van der Waals surface area contributed by atoms with E-state index in [4.69, 9.17) is 9.47 Å². The summed E-state index contributed by atoms with van der Waals surface area (Å²) < 4.78 is 47.7. The summed E-state index contributed by atoms with van der Waals surface area (Å²) in [5.41, 5.74) is 0.273. The largest absolute Gasteiger partial charge is 0.456 e. The van der Waals surface area contributed by atoms with E-state index in [1.807, 2.05) is 0 Å². The number of halogens is 2. The Morgan fingerprint density at radius 3 is 2.71 bits per heavy atom. The summed E-state index contributed by atoms with van der Waals surface area (Å²) in [5.74, 6) is -2.03. The van der Waals surface area contributed by atoms with Crippen molar-refractivity contribution in [1.82, 2.24) is 13.6 Å². The van der Waals surface area contributed by atoms with Crippen LogP contribution >= 0.6 is 11.7 Å². The molecule has 0 unspecified atom stereocenters. The molecular formula is C21H21F2N5O5S. The van der Waals surface area contributed by atoms with Gasteiger partial charge in [0.1, 0.15) is 17.7 Å². The molecule has 180 valence electrons. The van der Waals surface area contributed by atoms with E-state index in [-0.39, 0.29) is 56.4 Å². The van der Waals surface area contributed by atoms with Gasteiger partial charge in [-0.3, -0.25) is 14.5 Å². The number of anilines is 2. The number of hydrogen-bond acceptors (Lipinski definition) is 9. The maximum Gasteiger partial charge on any atom is 0.414 e. The first-order valence-corrected chi connectivity index (χ1v) is 11.1. The van der Waals surface area contributed by atoms with E-state index in [0.717, 1.165) is 23.9 Å². The van der Waals surface area contributed by atoms with Gasteiger partial charge in [-0.1, -0.05) is 6.08 Å². The van der Waals surface area contributed by atoms with Gasteiger partial charge < -0.3 is 19.7 Å². The molecule has 1 N–H and O–H groups in total. The number of ether oxygens (including phenoxy) is 2. The molecule has 10 nitrogen and oxygen atoms in total. The van der Waals surface area contributed by atoms with E-state index in [1.165, 1.54) is 22.9 Å². The quantitative estimate of drug-likeness (QED) is 0.585. The average Bonchev–Trinajstić information content (AvgIpc) is 3.45. The van der Waals surface area contributed by atoms with Gasteiger partial charge >= 0.3 is 12.1 Å². The lowest BCUT2D eigenvalue weighted by atomic mass is 9.97. The van der Waals surface area contributed by atoms with Gasteiger partial charge in [-0.25, -0.2) is 13.6 Å². The Bertz CT molecular complexity index is 1100. The smallest absolute Gasteiger partial charge is 0.414 e. The summed E-state index contributed by atoms with van der Waals surface area (Å²) in [7, 11) is 0. The number of nitrogens with one attached hydrogen (secondary N) is 1. The molecule has 0 aliphatic carbocycles. The molecule has 0 saturated carbocycles. The van der Waals surface area contributed by atoms with Gasteiger partial charge in [0.25, 0.3) is 5.91 Å². The van der Waals surface area contributed by atoms with Crippen molar-refractivity contribution in [3.8, 4) is 0 Å². The minimum Gasteiger partial charge on any atom is -0.456 e.